The van der Waals surface area contributed by atoms with Gasteiger partial charge in [-0.3, -0.25) is 9.59 Å². The summed E-state index contributed by atoms with van der Waals surface area (Å²) in [6, 6.07) is 0. The second-order valence-electron chi connectivity index (χ2n) is 5.74. The number of carbonyl (C=O) groups excluding carboxylic acids is 2. The van der Waals surface area contributed by atoms with E-state index in [4.69, 9.17) is 4.74 Å². The average molecular weight is 256 g/mol. The first-order valence-electron chi connectivity index (χ1n) is 6.45. The van der Waals surface area contributed by atoms with E-state index < -0.39 is 0 Å². The van der Waals surface area contributed by atoms with Crippen LogP contribution in [0.3, 0.4) is 0 Å². The number of rotatable bonds is 4. The molecule has 0 aliphatic carbocycles. The fourth-order valence-corrected chi connectivity index (χ4v) is 1.75. The zero-order chi connectivity index (χ0) is 13.8. The van der Waals surface area contributed by atoms with Crippen molar-refractivity contribution in [2.24, 2.45) is 0 Å². The molecule has 104 valence electrons. The van der Waals surface area contributed by atoms with Crippen molar-refractivity contribution in [3.8, 4) is 0 Å². The first-order chi connectivity index (χ1) is 8.29. The predicted molar refractivity (Wildman–Crippen MR) is 69.2 cm³/mol. The molecule has 0 atom stereocenters. The fraction of sp³-hybridized carbons (Fsp3) is 0.846. The molecule has 0 N–H and O–H groups in total. The molecule has 0 aromatic rings. The number of nitrogens with zero attached hydrogens (tertiary/aromatic N) is 2. The Kier molecular flexibility index (Phi) is 5.14. The summed E-state index contributed by atoms with van der Waals surface area (Å²) in [5.74, 6) is -0.128. The Morgan fingerprint density at radius 3 is 2.28 bits per heavy atom. The van der Waals surface area contributed by atoms with Crippen LogP contribution in [-0.4, -0.2) is 60.5 Å². The molecule has 1 aliphatic rings. The van der Waals surface area contributed by atoms with Gasteiger partial charge in [-0.2, -0.15) is 0 Å². The van der Waals surface area contributed by atoms with Gasteiger partial charge in [-0.15, -0.1) is 0 Å². The van der Waals surface area contributed by atoms with Crippen LogP contribution in [0.2, 0.25) is 0 Å². The van der Waals surface area contributed by atoms with Crippen LogP contribution in [0.1, 0.15) is 33.6 Å². The van der Waals surface area contributed by atoms with Gasteiger partial charge in [0.15, 0.2) is 0 Å². The van der Waals surface area contributed by atoms with Crippen molar-refractivity contribution in [2.45, 2.75) is 39.2 Å². The van der Waals surface area contributed by atoms with Crippen molar-refractivity contribution in [3.63, 3.8) is 0 Å². The third-order valence-electron chi connectivity index (χ3n) is 2.89. The van der Waals surface area contributed by atoms with Crippen LogP contribution in [0.25, 0.3) is 0 Å². The second-order valence-corrected chi connectivity index (χ2v) is 5.74. The van der Waals surface area contributed by atoms with Gasteiger partial charge >= 0.3 is 0 Å². The van der Waals surface area contributed by atoms with Gasteiger partial charge in [0, 0.05) is 20.1 Å². The topological polar surface area (TPSA) is 49.9 Å². The highest BCUT2D eigenvalue weighted by Crippen LogP contribution is 2.09. The van der Waals surface area contributed by atoms with Gasteiger partial charge in [-0.05, 0) is 33.6 Å². The predicted octanol–water partition coefficient (Wildman–Crippen LogP) is 0.882. The number of likely N-dealkylation sites (N-methyl/N-ethyl adjacent to an activating group) is 1. The molecule has 5 heteroatoms. The Balaban J connectivity index is 2.32. The largest absolute Gasteiger partial charge is 0.366 e. The SMILES string of the molecule is CN(CC(=O)N1CCCC1)C(=O)COC(C)(C)C. The minimum absolute atomic E-state index is 0.0211. The Bertz CT molecular complexity index is 304. The van der Waals surface area contributed by atoms with Gasteiger partial charge in [-0.25, -0.2) is 0 Å². The molecule has 1 rings (SSSR count). The van der Waals surface area contributed by atoms with Crippen LogP contribution >= 0.6 is 0 Å². The third-order valence-corrected chi connectivity index (χ3v) is 2.89. The Hall–Kier alpha value is -1.10. The lowest BCUT2D eigenvalue weighted by atomic mass is 10.2. The fourth-order valence-electron chi connectivity index (χ4n) is 1.75. The van der Waals surface area contributed by atoms with Crippen LogP contribution < -0.4 is 0 Å². The maximum atomic E-state index is 11.9. The Morgan fingerprint density at radius 1 is 1.22 bits per heavy atom. The summed E-state index contributed by atoms with van der Waals surface area (Å²) in [7, 11) is 1.64. The van der Waals surface area contributed by atoms with Crippen LogP contribution in [0.15, 0.2) is 0 Å². The normalized spacial score (nSPS) is 15.9. The van der Waals surface area contributed by atoms with Gasteiger partial charge < -0.3 is 14.5 Å². The maximum absolute atomic E-state index is 11.9. The van der Waals surface area contributed by atoms with Gasteiger partial charge in [0.25, 0.3) is 0 Å². The van der Waals surface area contributed by atoms with Gasteiger partial charge in [0.1, 0.15) is 6.61 Å². The number of hydrogen-bond donors (Lipinski definition) is 0. The van der Waals surface area contributed by atoms with E-state index in [1.807, 2.05) is 25.7 Å². The zero-order valence-corrected chi connectivity index (χ0v) is 11.9. The minimum atomic E-state index is -0.338. The highest BCUT2D eigenvalue weighted by Gasteiger charge is 2.22. The molecule has 0 aromatic carbocycles. The van der Waals surface area contributed by atoms with Crippen molar-refractivity contribution in [2.75, 3.05) is 33.3 Å². The van der Waals surface area contributed by atoms with Crippen molar-refractivity contribution in [1.82, 2.24) is 9.80 Å². The molecule has 0 bridgehead atoms. The monoisotopic (exact) mass is 256 g/mol. The molecule has 5 nitrogen and oxygen atoms in total. The summed E-state index contributed by atoms with van der Waals surface area (Å²) in [5.41, 5.74) is -0.338. The molecule has 1 saturated heterocycles. The summed E-state index contributed by atoms with van der Waals surface area (Å²) in [4.78, 5) is 26.9. The number of ether oxygens (including phenoxy) is 1. The molecule has 0 saturated carbocycles. The molecule has 1 heterocycles. The molecule has 18 heavy (non-hydrogen) atoms. The minimum Gasteiger partial charge on any atom is -0.366 e. The van der Waals surface area contributed by atoms with Crippen molar-refractivity contribution in [1.29, 1.82) is 0 Å². The highest BCUT2D eigenvalue weighted by atomic mass is 16.5. The van der Waals surface area contributed by atoms with Crippen molar-refractivity contribution >= 4 is 11.8 Å². The van der Waals surface area contributed by atoms with Crippen LogP contribution in [0.5, 0.6) is 0 Å². The van der Waals surface area contributed by atoms with Crippen LogP contribution in [-0.2, 0) is 14.3 Å². The van der Waals surface area contributed by atoms with Gasteiger partial charge in [0.05, 0.1) is 12.1 Å². The number of hydrogen-bond acceptors (Lipinski definition) is 3. The van der Waals surface area contributed by atoms with E-state index in [0.717, 1.165) is 25.9 Å². The molecule has 1 fully saturated rings. The molecular formula is C13H24N2O3. The third kappa shape index (κ3) is 5.04. The first kappa shape index (κ1) is 15.0. The van der Waals surface area contributed by atoms with E-state index in [2.05, 4.69) is 0 Å². The molecule has 0 unspecified atom stereocenters. The Morgan fingerprint density at radius 2 is 1.78 bits per heavy atom. The van der Waals surface area contributed by atoms with E-state index in [1.165, 1.54) is 4.90 Å². The van der Waals surface area contributed by atoms with E-state index in [0.29, 0.717) is 0 Å². The lowest BCUT2D eigenvalue weighted by Crippen LogP contribution is -2.41. The molecule has 0 spiro atoms. The number of carbonyl (C=O) groups is 2. The zero-order valence-electron chi connectivity index (χ0n) is 11.9. The van der Waals surface area contributed by atoms with E-state index in [-0.39, 0.29) is 30.6 Å². The summed E-state index contributed by atoms with van der Waals surface area (Å²) >= 11 is 0. The lowest BCUT2D eigenvalue weighted by Gasteiger charge is -2.24. The van der Waals surface area contributed by atoms with Crippen LogP contribution in [0, 0.1) is 0 Å². The molecule has 0 radical (unpaired) electrons. The van der Waals surface area contributed by atoms with Crippen LogP contribution in [0.4, 0.5) is 0 Å². The van der Waals surface area contributed by atoms with E-state index >= 15 is 0 Å². The van der Waals surface area contributed by atoms with Gasteiger partial charge in [-0.1, -0.05) is 0 Å². The lowest BCUT2D eigenvalue weighted by molar-refractivity contribution is -0.144. The summed E-state index contributed by atoms with van der Waals surface area (Å²) in [6.45, 7) is 7.50. The number of likely N-dealkylation sites (tertiary alicyclic amines) is 1. The summed E-state index contributed by atoms with van der Waals surface area (Å²) in [5, 5.41) is 0. The molecule has 1 aliphatic heterocycles. The second kappa shape index (κ2) is 6.18. The smallest absolute Gasteiger partial charge is 0.248 e. The Labute approximate surface area is 109 Å². The highest BCUT2D eigenvalue weighted by molar-refractivity contribution is 5.85. The van der Waals surface area contributed by atoms with Crippen molar-refractivity contribution < 1.29 is 14.3 Å². The van der Waals surface area contributed by atoms with E-state index in [1.54, 1.807) is 7.05 Å². The molecule has 2 amide bonds. The summed E-state index contributed by atoms with van der Waals surface area (Å²) in [6.07, 6.45) is 2.13. The molecular weight excluding hydrogens is 232 g/mol. The quantitative estimate of drug-likeness (QED) is 0.750. The van der Waals surface area contributed by atoms with Gasteiger partial charge in [0.2, 0.25) is 11.8 Å². The van der Waals surface area contributed by atoms with E-state index in [9.17, 15) is 9.59 Å². The first-order valence-corrected chi connectivity index (χ1v) is 6.45. The summed E-state index contributed by atoms with van der Waals surface area (Å²) < 4.78 is 5.40. The molecule has 0 aromatic heterocycles. The number of amides is 2. The van der Waals surface area contributed by atoms with Crippen molar-refractivity contribution in [3.05, 3.63) is 0 Å². The average Bonchev–Trinajstić information content (AvgIpc) is 2.77. The maximum Gasteiger partial charge on any atom is 0.248 e. The standard InChI is InChI=1S/C13H24N2O3/c1-13(2,3)18-10-12(17)14(4)9-11(16)15-7-5-6-8-15/h5-10H2,1-4H3.